The molecule has 1 unspecified atom stereocenters. The van der Waals surface area contributed by atoms with Crippen LogP contribution >= 0.6 is 0 Å². The molecule has 15 heavy (non-hydrogen) atoms. The van der Waals surface area contributed by atoms with Crippen LogP contribution in [0.5, 0.6) is 5.75 Å². The second kappa shape index (κ2) is 5.01. The van der Waals surface area contributed by atoms with Crippen LogP contribution in [0.3, 0.4) is 0 Å². The first kappa shape index (κ1) is 10.3. The smallest absolute Gasteiger partial charge is 0.119 e. The molecule has 1 nitrogen and oxygen atoms in total. The molecule has 0 heterocycles. The van der Waals surface area contributed by atoms with Gasteiger partial charge >= 0.3 is 0 Å². The molecule has 1 aromatic rings. The quantitative estimate of drug-likeness (QED) is 0.675. The van der Waals surface area contributed by atoms with Gasteiger partial charge in [0.25, 0.3) is 0 Å². The molecule has 0 N–H and O–H groups in total. The predicted molar refractivity (Wildman–Crippen MR) is 63.3 cm³/mol. The number of hydrogen-bond acceptors (Lipinski definition) is 1. The van der Waals surface area contributed by atoms with Crippen molar-refractivity contribution in [2.24, 2.45) is 0 Å². The van der Waals surface area contributed by atoms with Crippen molar-refractivity contribution >= 4 is 0 Å². The van der Waals surface area contributed by atoms with Gasteiger partial charge in [0.1, 0.15) is 5.75 Å². The summed E-state index contributed by atoms with van der Waals surface area (Å²) in [5.74, 6) is 1.69. The Bertz CT molecular complexity index is 324. The van der Waals surface area contributed by atoms with Crippen molar-refractivity contribution in [1.29, 1.82) is 0 Å². The van der Waals surface area contributed by atoms with Crippen LogP contribution in [-0.2, 0) is 0 Å². The van der Waals surface area contributed by atoms with Crippen LogP contribution in [0, 0.1) is 0 Å². The SMILES string of the molecule is CCOc1ccc(C2CC=CCC2)cc1. The van der Waals surface area contributed by atoms with Crippen molar-refractivity contribution in [3.63, 3.8) is 0 Å². The van der Waals surface area contributed by atoms with E-state index in [9.17, 15) is 0 Å². The first-order valence-corrected chi connectivity index (χ1v) is 5.78. The fraction of sp³-hybridized carbons (Fsp3) is 0.429. The van der Waals surface area contributed by atoms with Crippen molar-refractivity contribution < 1.29 is 4.74 Å². The van der Waals surface area contributed by atoms with E-state index < -0.39 is 0 Å². The van der Waals surface area contributed by atoms with Gasteiger partial charge in [-0.25, -0.2) is 0 Å². The Morgan fingerprint density at radius 2 is 2.00 bits per heavy atom. The number of ether oxygens (including phenoxy) is 1. The van der Waals surface area contributed by atoms with Crippen molar-refractivity contribution in [1.82, 2.24) is 0 Å². The summed E-state index contributed by atoms with van der Waals surface area (Å²) >= 11 is 0. The largest absolute Gasteiger partial charge is 0.494 e. The van der Waals surface area contributed by atoms with Gasteiger partial charge in [0, 0.05) is 0 Å². The van der Waals surface area contributed by atoms with Crippen LogP contribution in [-0.4, -0.2) is 6.61 Å². The van der Waals surface area contributed by atoms with E-state index in [1.807, 2.05) is 6.92 Å². The summed E-state index contributed by atoms with van der Waals surface area (Å²) in [6.45, 7) is 2.76. The summed E-state index contributed by atoms with van der Waals surface area (Å²) in [6.07, 6.45) is 8.27. The van der Waals surface area contributed by atoms with E-state index in [4.69, 9.17) is 4.74 Å². The number of rotatable bonds is 3. The van der Waals surface area contributed by atoms with Gasteiger partial charge in [-0.3, -0.25) is 0 Å². The molecule has 0 saturated heterocycles. The lowest BCUT2D eigenvalue weighted by Crippen LogP contribution is -2.00. The topological polar surface area (TPSA) is 9.23 Å². The van der Waals surface area contributed by atoms with Gasteiger partial charge in [-0.1, -0.05) is 24.3 Å². The number of allylic oxidation sites excluding steroid dienone is 2. The molecule has 0 amide bonds. The molecule has 0 aromatic heterocycles. The van der Waals surface area contributed by atoms with Gasteiger partial charge in [0.15, 0.2) is 0 Å². The van der Waals surface area contributed by atoms with E-state index in [2.05, 4.69) is 36.4 Å². The van der Waals surface area contributed by atoms with Crippen LogP contribution < -0.4 is 4.74 Å². The Morgan fingerprint density at radius 3 is 2.60 bits per heavy atom. The molecule has 1 atom stereocenters. The molecule has 0 aliphatic heterocycles. The molecule has 1 aliphatic carbocycles. The molecule has 1 heteroatoms. The second-order valence-electron chi connectivity index (χ2n) is 3.98. The first-order chi connectivity index (χ1) is 7.40. The molecule has 0 spiro atoms. The zero-order chi connectivity index (χ0) is 10.5. The van der Waals surface area contributed by atoms with E-state index in [-0.39, 0.29) is 0 Å². The highest BCUT2D eigenvalue weighted by Gasteiger charge is 2.11. The summed E-state index contributed by atoms with van der Waals surface area (Å²) in [5.41, 5.74) is 1.45. The fourth-order valence-corrected chi connectivity index (χ4v) is 2.10. The Kier molecular flexibility index (Phi) is 3.44. The number of benzene rings is 1. The summed E-state index contributed by atoms with van der Waals surface area (Å²) in [4.78, 5) is 0. The van der Waals surface area contributed by atoms with E-state index in [0.29, 0.717) is 5.92 Å². The second-order valence-corrected chi connectivity index (χ2v) is 3.98. The zero-order valence-corrected chi connectivity index (χ0v) is 9.28. The third-order valence-electron chi connectivity index (χ3n) is 2.93. The summed E-state index contributed by atoms with van der Waals surface area (Å²) in [7, 11) is 0. The first-order valence-electron chi connectivity index (χ1n) is 5.78. The molecule has 0 radical (unpaired) electrons. The van der Waals surface area contributed by atoms with Gasteiger partial charge in [-0.05, 0) is 49.8 Å². The Morgan fingerprint density at radius 1 is 1.20 bits per heavy atom. The van der Waals surface area contributed by atoms with Gasteiger partial charge < -0.3 is 4.74 Å². The van der Waals surface area contributed by atoms with E-state index in [0.717, 1.165) is 12.4 Å². The van der Waals surface area contributed by atoms with Gasteiger partial charge in [0.2, 0.25) is 0 Å². The van der Waals surface area contributed by atoms with Gasteiger partial charge in [0.05, 0.1) is 6.61 Å². The highest BCUT2D eigenvalue weighted by Crippen LogP contribution is 2.29. The lowest BCUT2D eigenvalue weighted by Gasteiger charge is -2.18. The van der Waals surface area contributed by atoms with E-state index >= 15 is 0 Å². The average molecular weight is 202 g/mol. The lowest BCUT2D eigenvalue weighted by atomic mass is 9.88. The Labute approximate surface area is 91.8 Å². The monoisotopic (exact) mass is 202 g/mol. The Hall–Kier alpha value is -1.24. The van der Waals surface area contributed by atoms with Crippen molar-refractivity contribution in [2.45, 2.75) is 32.1 Å². The maximum Gasteiger partial charge on any atom is 0.119 e. The molecule has 0 bridgehead atoms. The van der Waals surface area contributed by atoms with Crippen LogP contribution in [0.4, 0.5) is 0 Å². The third-order valence-corrected chi connectivity index (χ3v) is 2.93. The third kappa shape index (κ3) is 2.62. The highest BCUT2D eigenvalue weighted by atomic mass is 16.5. The van der Waals surface area contributed by atoms with Crippen LogP contribution in [0.25, 0.3) is 0 Å². The normalized spacial score (nSPS) is 20.2. The minimum Gasteiger partial charge on any atom is -0.494 e. The maximum absolute atomic E-state index is 5.43. The summed E-state index contributed by atoms with van der Waals surface area (Å²) in [6, 6.07) is 8.57. The predicted octanol–water partition coefficient (Wildman–Crippen LogP) is 3.91. The van der Waals surface area contributed by atoms with Crippen molar-refractivity contribution in [3.05, 3.63) is 42.0 Å². The molecular weight excluding hydrogens is 184 g/mol. The van der Waals surface area contributed by atoms with Gasteiger partial charge in [-0.15, -0.1) is 0 Å². The molecule has 1 aromatic carbocycles. The van der Waals surface area contributed by atoms with Crippen molar-refractivity contribution in [3.8, 4) is 5.75 Å². The van der Waals surface area contributed by atoms with Crippen LogP contribution in [0.15, 0.2) is 36.4 Å². The van der Waals surface area contributed by atoms with Crippen molar-refractivity contribution in [2.75, 3.05) is 6.61 Å². The number of hydrogen-bond donors (Lipinski definition) is 0. The molecular formula is C14H18O. The highest BCUT2D eigenvalue weighted by molar-refractivity contribution is 5.30. The summed E-state index contributed by atoms with van der Waals surface area (Å²) in [5, 5.41) is 0. The molecule has 2 rings (SSSR count). The van der Waals surface area contributed by atoms with Gasteiger partial charge in [-0.2, -0.15) is 0 Å². The molecule has 1 aliphatic rings. The molecule has 0 fully saturated rings. The zero-order valence-electron chi connectivity index (χ0n) is 9.28. The standard InChI is InChI=1S/C14H18O/c1-2-15-14-10-8-13(9-11-14)12-6-4-3-5-7-12/h3-4,8-12H,2,5-7H2,1H3. The molecule has 80 valence electrons. The van der Waals surface area contributed by atoms with E-state index in [1.54, 1.807) is 0 Å². The fourth-order valence-electron chi connectivity index (χ4n) is 2.10. The van der Waals surface area contributed by atoms with E-state index in [1.165, 1.54) is 24.8 Å². The maximum atomic E-state index is 5.43. The Balaban J connectivity index is 2.05. The van der Waals surface area contributed by atoms with Crippen LogP contribution in [0.1, 0.15) is 37.7 Å². The van der Waals surface area contributed by atoms with Crippen LogP contribution in [0.2, 0.25) is 0 Å². The minimum atomic E-state index is 0.714. The molecule has 0 saturated carbocycles. The minimum absolute atomic E-state index is 0.714. The summed E-state index contributed by atoms with van der Waals surface area (Å²) < 4.78 is 5.43. The lowest BCUT2D eigenvalue weighted by molar-refractivity contribution is 0.340. The average Bonchev–Trinajstić information content (AvgIpc) is 2.32.